The fourth-order valence-electron chi connectivity index (χ4n) is 4.67. The first-order valence-corrected chi connectivity index (χ1v) is 8.44. The highest BCUT2D eigenvalue weighted by Gasteiger charge is 2.80. The Kier molecular flexibility index (Phi) is 2.96. The zero-order valence-electron chi connectivity index (χ0n) is 12.6. The van der Waals surface area contributed by atoms with E-state index in [1.807, 2.05) is 31.2 Å². The maximum absolute atomic E-state index is 13.2. The van der Waals surface area contributed by atoms with Gasteiger partial charge in [-0.1, -0.05) is 37.1 Å². The van der Waals surface area contributed by atoms with Crippen LogP contribution in [0.1, 0.15) is 50.5 Å². The van der Waals surface area contributed by atoms with Crippen molar-refractivity contribution in [2.24, 2.45) is 11.3 Å². The van der Waals surface area contributed by atoms with Gasteiger partial charge in [0, 0.05) is 10.9 Å². The van der Waals surface area contributed by atoms with E-state index < -0.39 is 11.0 Å². The van der Waals surface area contributed by atoms with Crippen LogP contribution in [0.5, 0.6) is 0 Å². The smallest absolute Gasteiger partial charge is 0.321 e. The number of Topliss-reactive ketones (excluding diaryl/α,β-unsaturated/α-hetero) is 1. The Balaban J connectivity index is 1.71. The third-order valence-electron chi connectivity index (χ3n) is 5.91. The minimum Gasteiger partial charge on any atom is -0.450 e. The molecule has 1 aromatic carbocycles. The van der Waals surface area contributed by atoms with Crippen molar-refractivity contribution in [1.82, 2.24) is 0 Å². The van der Waals surface area contributed by atoms with E-state index in [0.717, 1.165) is 24.8 Å². The SMILES string of the molecule is CC1[C@H](c2ccc(Cl)cc2)C12C(=O)OC1(CCCCC1)C2=O. The van der Waals surface area contributed by atoms with Crippen LogP contribution in [0, 0.1) is 11.3 Å². The lowest BCUT2D eigenvalue weighted by molar-refractivity contribution is -0.155. The summed E-state index contributed by atoms with van der Waals surface area (Å²) >= 11 is 5.94. The zero-order valence-corrected chi connectivity index (χ0v) is 13.4. The van der Waals surface area contributed by atoms with Gasteiger partial charge < -0.3 is 4.74 Å². The molecule has 116 valence electrons. The summed E-state index contributed by atoms with van der Waals surface area (Å²) in [6, 6.07) is 7.48. The fraction of sp³-hybridized carbons (Fsp3) is 0.556. The molecule has 1 heterocycles. The number of benzene rings is 1. The number of hydrogen-bond acceptors (Lipinski definition) is 3. The maximum atomic E-state index is 13.2. The number of esters is 1. The van der Waals surface area contributed by atoms with Crippen molar-refractivity contribution >= 4 is 23.4 Å². The minimum absolute atomic E-state index is 0.00924. The van der Waals surface area contributed by atoms with Gasteiger partial charge in [0.2, 0.25) is 0 Å². The Morgan fingerprint density at radius 2 is 1.73 bits per heavy atom. The molecule has 1 saturated heterocycles. The van der Waals surface area contributed by atoms with Crippen molar-refractivity contribution < 1.29 is 14.3 Å². The molecule has 1 aromatic rings. The summed E-state index contributed by atoms with van der Waals surface area (Å²) < 4.78 is 5.71. The van der Waals surface area contributed by atoms with Crippen LogP contribution in [0.15, 0.2) is 24.3 Å². The molecule has 3 aliphatic rings. The highest BCUT2D eigenvalue weighted by atomic mass is 35.5. The molecule has 2 aliphatic carbocycles. The van der Waals surface area contributed by atoms with E-state index in [0.29, 0.717) is 17.9 Å². The van der Waals surface area contributed by atoms with Crippen LogP contribution in [-0.4, -0.2) is 17.4 Å². The van der Waals surface area contributed by atoms with Gasteiger partial charge in [-0.25, -0.2) is 0 Å². The number of ketones is 1. The monoisotopic (exact) mass is 318 g/mol. The Morgan fingerprint density at radius 1 is 1.09 bits per heavy atom. The van der Waals surface area contributed by atoms with Crippen LogP contribution in [0.4, 0.5) is 0 Å². The van der Waals surface area contributed by atoms with E-state index >= 15 is 0 Å². The standard InChI is InChI=1S/C18H19ClO3/c1-11-14(12-5-7-13(19)8-6-12)18(11)15(20)17(22-16(18)21)9-3-2-4-10-17/h5-8,11,14H,2-4,9-10H2,1H3/t11?,14-,18?/m1/s1. The van der Waals surface area contributed by atoms with Crippen molar-refractivity contribution in [3.05, 3.63) is 34.9 Å². The van der Waals surface area contributed by atoms with E-state index in [1.54, 1.807) is 0 Å². The van der Waals surface area contributed by atoms with Gasteiger partial charge in [-0.3, -0.25) is 9.59 Å². The molecule has 2 saturated carbocycles. The van der Waals surface area contributed by atoms with Gasteiger partial charge in [-0.2, -0.15) is 0 Å². The average Bonchev–Trinajstić information content (AvgIpc) is 3.08. The summed E-state index contributed by atoms with van der Waals surface area (Å²) in [6.45, 7) is 1.99. The molecule has 3 nitrogen and oxygen atoms in total. The second kappa shape index (κ2) is 4.58. The first-order chi connectivity index (χ1) is 10.5. The third kappa shape index (κ3) is 1.63. The van der Waals surface area contributed by atoms with Crippen LogP contribution >= 0.6 is 11.6 Å². The molecule has 4 heteroatoms. The topological polar surface area (TPSA) is 43.4 Å². The fourth-order valence-corrected chi connectivity index (χ4v) is 4.80. The molecule has 0 aromatic heterocycles. The molecule has 1 aliphatic heterocycles. The minimum atomic E-state index is -0.939. The van der Waals surface area contributed by atoms with Gasteiger partial charge in [-0.05, 0) is 49.3 Å². The number of carbonyl (C=O) groups is 2. The summed E-state index contributed by atoms with van der Waals surface area (Å²) in [5, 5.41) is 0.662. The molecule has 4 rings (SSSR count). The normalized spacial score (nSPS) is 35.9. The van der Waals surface area contributed by atoms with Gasteiger partial charge in [0.25, 0.3) is 0 Å². The Labute approximate surface area is 135 Å². The van der Waals surface area contributed by atoms with Gasteiger partial charge >= 0.3 is 5.97 Å². The third-order valence-corrected chi connectivity index (χ3v) is 6.16. The van der Waals surface area contributed by atoms with E-state index in [2.05, 4.69) is 0 Å². The van der Waals surface area contributed by atoms with E-state index in [-0.39, 0.29) is 23.6 Å². The molecule has 3 atom stereocenters. The number of halogens is 1. The lowest BCUT2D eigenvalue weighted by Gasteiger charge is -2.30. The molecule has 0 radical (unpaired) electrons. The predicted molar refractivity (Wildman–Crippen MR) is 82.7 cm³/mol. The molecule has 3 fully saturated rings. The number of carbonyl (C=O) groups excluding carboxylic acids is 2. The molecule has 2 spiro atoms. The van der Waals surface area contributed by atoms with E-state index in [4.69, 9.17) is 16.3 Å². The summed E-state index contributed by atoms with van der Waals surface area (Å²) in [5.41, 5.74) is -0.759. The molecule has 0 amide bonds. The summed E-state index contributed by atoms with van der Waals surface area (Å²) in [6.07, 6.45) is 4.44. The summed E-state index contributed by atoms with van der Waals surface area (Å²) in [4.78, 5) is 25.8. The quantitative estimate of drug-likeness (QED) is 0.583. The molecule has 0 N–H and O–H groups in total. The Morgan fingerprint density at radius 3 is 2.36 bits per heavy atom. The highest BCUT2D eigenvalue weighted by molar-refractivity contribution is 6.30. The number of ether oxygens (including phenoxy) is 1. The van der Waals surface area contributed by atoms with Crippen molar-refractivity contribution in [1.29, 1.82) is 0 Å². The van der Waals surface area contributed by atoms with Crippen LogP contribution in [-0.2, 0) is 14.3 Å². The van der Waals surface area contributed by atoms with Crippen molar-refractivity contribution in [3.63, 3.8) is 0 Å². The largest absolute Gasteiger partial charge is 0.450 e. The van der Waals surface area contributed by atoms with Crippen LogP contribution in [0.2, 0.25) is 5.02 Å². The van der Waals surface area contributed by atoms with Gasteiger partial charge in [-0.15, -0.1) is 0 Å². The Bertz CT molecular complexity index is 645. The lowest BCUT2D eigenvalue weighted by atomic mass is 9.77. The molecular formula is C18H19ClO3. The van der Waals surface area contributed by atoms with Crippen LogP contribution in [0.3, 0.4) is 0 Å². The second-order valence-corrected chi connectivity index (χ2v) is 7.40. The molecule has 22 heavy (non-hydrogen) atoms. The van der Waals surface area contributed by atoms with Crippen molar-refractivity contribution in [3.8, 4) is 0 Å². The van der Waals surface area contributed by atoms with Gasteiger partial charge in [0.15, 0.2) is 11.4 Å². The first-order valence-electron chi connectivity index (χ1n) is 8.06. The van der Waals surface area contributed by atoms with Gasteiger partial charge in [0.1, 0.15) is 5.41 Å². The van der Waals surface area contributed by atoms with Crippen molar-refractivity contribution in [2.75, 3.05) is 0 Å². The number of hydrogen-bond donors (Lipinski definition) is 0. The molecule has 0 bridgehead atoms. The number of rotatable bonds is 1. The highest BCUT2D eigenvalue weighted by Crippen LogP contribution is 2.70. The second-order valence-electron chi connectivity index (χ2n) is 6.96. The summed E-state index contributed by atoms with van der Waals surface area (Å²) in [5.74, 6) is -0.315. The predicted octanol–water partition coefficient (Wildman–Crippen LogP) is 3.89. The Hall–Kier alpha value is -1.35. The first kappa shape index (κ1) is 14.3. The van der Waals surface area contributed by atoms with Crippen molar-refractivity contribution in [2.45, 2.75) is 50.5 Å². The molecular weight excluding hydrogens is 300 g/mol. The van der Waals surface area contributed by atoms with E-state index in [1.165, 1.54) is 0 Å². The zero-order chi connectivity index (χ0) is 15.5. The van der Waals surface area contributed by atoms with Crippen LogP contribution in [0.25, 0.3) is 0 Å². The van der Waals surface area contributed by atoms with Crippen LogP contribution < -0.4 is 0 Å². The van der Waals surface area contributed by atoms with Gasteiger partial charge in [0.05, 0.1) is 0 Å². The molecule has 2 unspecified atom stereocenters. The average molecular weight is 319 g/mol. The maximum Gasteiger partial charge on any atom is 0.321 e. The lowest BCUT2D eigenvalue weighted by Crippen LogP contribution is -2.40. The summed E-state index contributed by atoms with van der Waals surface area (Å²) in [7, 11) is 0. The van der Waals surface area contributed by atoms with E-state index in [9.17, 15) is 9.59 Å².